The number of hydrogen-bond acceptors (Lipinski definition) is 5. The molecule has 0 bridgehead atoms. The maximum atomic E-state index is 5.37. The fourth-order valence-corrected chi connectivity index (χ4v) is 2.92. The molecule has 1 aromatic rings. The predicted octanol–water partition coefficient (Wildman–Crippen LogP) is 2.84. The van der Waals surface area contributed by atoms with Crippen molar-refractivity contribution in [3.8, 4) is 0 Å². The van der Waals surface area contributed by atoms with Crippen molar-refractivity contribution in [2.75, 3.05) is 10.7 Å². The van der Waals surface area contributed by atoms with Crippen molar-refractivity contribution in [2.24, 2.45) is 11.8 Å². The number of nitrogens with one attached hydrogen (secondary N) is 2. The molecular weight excluding hydrogens is 238 g/mol. The summed E-state index contributed by atoms with van der Waals surface area (Å²) < 4.78 is 0. The van der Waals surface area contributed by atoms with Crippen LogP contribution in [0.15, 0.2) is 6.20 Å². The van der Waals surface area contributed by atoms with Gasteiger partial charge in [-0.1, -0.05) is 26.2 Å². The maximum absolute atomic E-state index is 5.37. The van der Waals surface area contributed by atoms with E-state index in [1.165, 1.54) is 32.1 Å². The monoisotopic (exact) mass is 263 g/mol. The van der Waals surface area contributed by atoms with Crippen LogP contribution < -0.4 is 16.6 Å². The van der Waals surface area contributed by atoms with Crippen molar-refractivity contribution in [1.29, 1.82) is 0 Å². The lowest BCUT2D eigenvalue weighted by Crippen LogP contribution is -2.31. The molecule has 1 atom stereocenters. The first-order valence-corrected chi connectivity index (χ1v) is 7.31. The number of anilines is 2. The first kappa shape index (κ1) is 14.1. The van der Waals surface area contributed by atoms with Crippen molar-refractivity contribution in [2.45, 2.75) is 58.4 Å². The molecule has 1 aromatic heterocycles. The molecule has 1 saturated carbocycles. The van der Waals surface area contributed by atoms with E-state index >= 15 is 0 Å². The summed E-state index contributed by atoms with van der Waals surface area (Å²) in [6, 6.07) is 0.500. The summed E-state index contributed by atoms with van der Waals surface area (Å²) in [4.78, 5) is 8.53. The summed E-state index contributed by atoms with van der Waals surface area (Å²) in [7, 11) is 0. The van der Waals surface area contributed by atoms with E-state index in [9.17, 15) is 0 Å². The van der Waals surface area contributed by atoms with Crippen LogP contribution in [0.3, 0.4) is 0 Å². The second-order valence-electron chi connectivity index (χ2n) is 5.43. The van der Waals surface area contributed by atoms with Crippen molar-refractivity contribution in [3.05, 3.63) is 11.8 Å². The average molecular weight is 263 g/mol. The van der Waals surface area contributed by atoms with Crippen molar-refractivity contribution < 1.29 is 0 Å². The molecule has 1 unspecified atom stereocenters. The van der Waals surface area contributed by atoms with Crippen LogP contribution in [0.1, 0.15) is 51.0 Å². The first-order chi connectivity index (χ1) is 9.24. The van der Waals surface area contributed by atoms with Crippen LogP contribution in [-0.2, 0) is 0 Å². The van der Waals surface area contributed by atoms with Crippen molar-refractivity contribution >= 4 is 11.8 Å². The van der Waals surface area contributed by atoms with E-state index in [0.29, 0.717) is 12.0 Å². The van der Waals surface area contributed by atoms with Gasteiger partial charge in [-0.25, -0.2) is 10.8 Å². The molecule has 4 N–H and O–H groups in total. The third-order valence-corrected chi connectivity index (χ3v) is 4.08. The van der Waals surface area contributed by atoms with Crippen LogP contribution in [0, 0.1) is 12.8 Å². The van der Waals surface area contributed by atoms with Gasteiger partial charge < -0.3 is 5.32 Å². The van der Waals surface area contributed by atoms with Crippen molar-refractivity contribution in [1.82, 2.24) is 9.97 Å². The van der Waals surface area contributed by atoms with E-state index in [4.69, 9.17) is 5.84 Å². The number of nitrogen functional groups attached to an aromatic ring is 1. The van der Waals surface area contributed by atoms with Gasteiger partial charge in [-0.2, -0.15) is 4.98 Å². The van der Waals surface area contributed by atoms with Crippen LogP contribution in [0.25, 0.3) is 0 Å². The number of hydrazine groups is 1. The second-order valence-corrected chi connectivity index (χ2v) is 5.43. The largest absolute Gasteiger partial charge is 0.367 e. The van der Waals surface area contributed by atoms with Gasteiger partial charge in [0.05, 0.1) is 0 Å². The molecule has 1 aliphatic carbocycles. The molecule has 5 heteroatoms. The molecule has 0 spiro atoms. The fraction of sp³-hybridized carbons (Fsp3) is 0.714. The highest BCUT2D eigenvalue weighted by Crippen LogP contribution is 2.29. The summed E-state index contributed by atoms with van der Waals surface area (Å²) in [6.07, 6.45) is 9.70. The molecule has 0 amide bonds. The molecule has 1 fully saturated rings. The number of rotatable bonds is 5. The molecule has 0 aromatic carbocycles. The second kappa shape index (κ2) is 6.70. The third-order valence-electron chi connectivity index (χ3n) is 4.08. The van der Waals surface area contributed by atoms with Gasteiger partial charge in [0.25, 0.3) is 0 Å². The van der Waals surface area contributed by atoms with E-state index < -0.39 is 0 Å². The van der Waals surface area contributed by atoms with E-state index in [2.05, 4.69) is 27.6 Å². The normalized spacial score (nSPS) is 18.1. The lowest BCUT2D eigenvalue weighted by molar-refractivity contribution is 0.312. The van der Waals surface area contributed by atoms with Gasteiger partial charge in [0.15, 0.2) is 0 Å². The summed E-state index contributed by atoms with van der Waals surface area (Å²) in [5.41, 5.74) is 3.57. The Morgan fingerprint density at radius 1 is 1.37 bits per heavy atom. The Labute approximate surface area is 115 Å². The van der Waals surface area contributed by atoms with Gasteiger partial charge in [-0.15, -0.1) is 0 Å². The van der Waals surface area contributed by atoms with E-state index in [1.807, 2.05) is 6.92 Å². The summed E-state index contributed by atoms with van der Waals surface area (Å²) in [5, 5.41) is 3.59. The fourth-order valence-electron chi connectivity index (χ4n) is 2.92. The number of nitrogens with two attached hydrogens (primary N) is 1. The van der Waals surface area contributed by atoms with E-state index in [-0.39, 0.29) is 0 Å². The minimum Gasteiger partial charge on any atom is -0.367 e. The molecule has 19 heavy (non-hydrogen) atoms. The highest BCUT2D eigenvalue weighted by molar-refractivity contribution is 5.46. The van der Waals surface area contributed by atoms with Crippen molar-refractivity contribution in [3.63, 3.8) is 0 Å². The Hall–Kier alpha value is -1.36. The van der Waals surface area contributed by atoms with Crippen LogP contribution in [-0.4, -0.2) is 16.0 Å². The topological polar surface area (TPSA) is 75.9 Å². The smallest absolute Gasteiger partial charge is 0.239 e. The minimum atomic E-state index is 0.464. The van der Waals surface area contributed by atoms with Crippen LogP contribution in [0.5, 0.6) is 0 Å². The number of hydrogen-bond donors (Lipinski definition) is 3. The molecule has 0 aliphatic heterocycles. The van der Waals surface area contributed by atoms with Crippen LogP contribution in [0.4, 0.5) is 11.8 Å². The Kier molecular flexibility index (Phi) is 4.96. The standard InChI is InChI=1S/C14H25N5/c1-3-12(11-7-5-4-6-8-11)17-13-10(2)9-16-14(18-13)19-15/h9,11-12H,3-8,15H2,1-2H3,(H2,16,17,18,19). The van der Waals surface area contributed by atoms with Gasteiger partial charge in [0.2, 0.25) is 5.95 Å². The molecule has 106 valence electrons. The summed E-state index contributed by atoms with van der Waals surface area (Å²) in [5.74, 6) is 7.51. The Bertz CT molecular complexity index is 401. The highest BCUT2D eigenvalue weighted by Gasteiger charge is 2.23. The van der Waals surface area contributed by atoms with E-state index in [1.54, 1.807) is 6.20 Å². The summed E-state index contributed by atoms with van der Waals surface area (Å²) in [6.45, 7) is 4.26. The highest BCUT2D eigenvalue weighted by atomic mass is 15.3. The lowest BCUT2D eigenvalue weighted by Gasteiger charge is -2.31. The molecule has 5 nitrogen and oxygen atoms in total. The zero-order chi connectivity index (χ0) is 13.7. The number of aryl methyl sites for hydroxylation is 1. The quantitative estimate of drug-likeness (QED) is 0.562. The zero-order valence-corrected chi connectivity index (χ0v) is 11.9. The molecule has 0 radical (unpaired) electrons. The Balaban J connectivity index is 2.08. The molecule has 1 heterocycles. The molecule has 0 saturated heterocycles. The average Bonchev–Trinajstić information content (AvgIpc) is 2.47. The van der Waals surface area contributed by atoms with Gasteiger partial charge in [0.1, 0.15) is 5.82 Å². The third kappa shape index (κ3) is 3.56. The SMILES string of the molecule is CCC(Nc1nc(NN)ncc1C)C1CCCCC1. The van der Waals surface area contributed by atoms with Crippen LogP contribution in [0.2, 0.25) is 0 Å². The molecule has 2 rings (SSSR count). The van der Waals surface area contributed by atoms with Gasteiger partial charge in [0, 0.05) is 17.8 Å². The Morgan fingerprint density at radius 3 is 2.74 bits per heavy atom. The van der Waals surface area contributed by atoms with Crippen LogP contribution >= 0.6 is 0 Å². The minimum absolute atomic E-state index is 0.464. The molecular formula is C14H25N5. The Morgan fingerprint density at radius 2 is 2.11 bits per heavy atom. The number of nitrogens with zero attached hydrogens (tertiary/aromatic N) is 2. The molecule has 1 aliphatic rings. The lowest BCUT2D eigenvalue weighted by atomic mass is 9.83. The predicted molar refractivity (Wildman–Crippen MR) is 78.9 cm³/mol. The zero-order valence-electron chi connectivity index (χ0n) is 11.9. The van der Waals surface area contributed by atoms with Gasteiger partial charge in [-0.3, -0.25) is 5.43 Å². The number of aromatic nitrogens is 2. The first-order valence-electron chi connectivity index (χ1n) is 7.31. The van der Waals surface area contributed by atoms with Gasteiger partial charge in [-0.05, 0) is 32.1 Å². The summed E-state index contributed by atoms with van der Waals surface area (Å²) >= 11 is 0. The van der Waals surface area contributed by atoms with Gasteiger partial charge >= 0.3 is 0 Å². The van der Waals surface area contributed by atoms with E-state index in [0.717, 1.165) is 23.7 Å². The maximum Gasteiger partial charge on any atom is 0.239 e.